The summed E-state index contributed by atoms with van der Waals surface area (Å²) in [6.45, 7) is 8.90. The maximum Gasteiger partial charge on any atom is 0.393 e. The Labute approximate surface area is 296 Å². The van der Waals surface area contributed by atoms with Crippen molar-refractivity contribution in [2.75, 3.05) is 13.2 Å². The molecular weight excluding hydrogens is 644 g/mol. The average Bonchev–Trinajstić information content (AvgIpc) is 3.10. The largest absolute Gasteiger partial charge is 0.494 e. The lowest BCUT2D eigenvalue weighted by molar-refractivity contribution is -0.239. The second-order valence-electron chi connectivity index (χ2n) is 12.5. The van der Waals surface area contributed by atoms with E-state index in [0.717, 1.165) is 90.0 Å². The summed E-state index contributed by atoms with van der Waals surface area (Å²) in [4.78, 5) is 69.4. The average molecular weight is 699 g/mol. The molecule has 2 aromatic carbocycles. The molecule has 11 heteroatoms. The molecule has 0 aromatic heterocycles. The van der Waals surface area contributed by atoms with E-state index < -0.39 is 35.6 Å². The SMILES string of the molecule is CCC(C)Cc1ccc(C(=O)OOC(=O)c2ccc(OCCCCCCCCCCCCOC(=O)C(CC)(OC(C)=O)OC(C)=O)cc2)cc1. The fraction of sp³-hybridized carbons (Fsp3) is 0.564. The van der Waals surface area contributed by atoms with Crippen LogP contribution in [-0.2, 0) is 44.8 Å². The van der Waals surface area contributed by atoms with Crippen molar-refractivity contribution in [1.29, 1.82) is 0 Å². The van der Waals surface area contributed by atoms with Crippen LogP contribution < -0.4 is 4.74 Å². The number of carbonyl (C=O) groups excluding carboxylic acids is 5. The zero-order valence-corrected chi connectivity index (χ0v) is 30.3. The van der Waals surface area contributed by atoms with Gasteiger partial charge in [-0.15, -0.1) is 0 Å². The smallest absolute Gasteiger partial charge is 0.393 e. The highest BCUT2D eigenvalue weighted by Crippen LogP contribution is 2.22. The summed E-state index contributed by atoms with van der Waals surface area (Å²) in [7, 11) is 0. The van der Waals surface area contributed by atoms with Gasteiger partial charge in [-0.3, -0.25) is 9.59 Å². The van der Waals surface area contributed by atoms with Crippen molar-refractivity contribution < 1.29 is 52.7 Å². The van der Waals surface area contributed by atoms with Crippen LogP contribution in [-0.4, -0.2) is 48.8 Å². The first-order valence-electron chi connectivity index (χ1n) is 17.8. The summed E-state index contributed by atoms with van der Waals surface area (Å²) < 4.78 is 21.0. The Bertz CT molecular complexity index is 1320. The van der Waals surface area contributed by atoms with E-state index in [9.17, 15) is 24.0 Å². The molecular formula is C39H54O11. The highest BCUT2D eigenvalue weighted by atomic mass is 17.2. The molecule has 0 amide bonds. The second kappa shape index (κ2) is 23.1. The first kappa shape index (κ1) is 41.8. The van der Waals surface area contributed by atoms with Crippen LogP contribution >= 0.6 is 0 Å². The topological polar surface area (TPSA) is 141 Å². The van der Waals surface area contributed by atoms with Gasteiger partial charge in [0.25, 0.3) is 0 Å². The minimum absolute atomic E-state index is 0.0384. The number of esters is 3. The second-order valence-corrected chi connectivity index (χ2v) is 12.5. The molecule has 50 heavy (non-hydrogen) atoms. The lowest BCUT2D eigenvalue weighted by atomic mass is 9.98. The standard InChI is InChI=1S/C39H54O11/c1-6-29(3)28-32-18-20-33(21-19-32)36(42)49-50-37(43)34-22-24-35(25-23-34)45-26-16-14-12-10-8-9-11-13-15-17-27-46-38(44)39(7-2,47-30(4)40)48-31(5)41/h18-25,29H,6-17,26-28H2,1-5H3. The van der Waals surface area contributed by atoms with E-state index in [2.05, 4.69) is 13.8 Å². The van der Waals surface area contributed by atoms with Gasteiger partial charge in [0.2, 0.25) is 0 Å². The van der Waals surface area contributed by atoms with E-state index in [0.29, 0.717) is 30.3 Å². The van der Waals surface area contributed by atoms with E-state index in [4.69, 9.17) is 28.7 Å². The minimum atomic E-state index is -2.03. The maximum absolute atomic E-state index is 12.5. The number of rotatable bonds is 23. The van der Waals surface area contributed by atoms with Crippen LogP contribution in [0.25, 0.3) is 0 Å². The van der Waals surface area contributed by atoms with Crippen LogP contribution in [0.4, 0.5) is 0 Å². The Hall–Kier alpha value is -4.41. The third-order valence-corrected chi connectivity index (χ3v) is 8.19. The summed E-state index contributed by atoms with van der Waals surface area (Å²) in [5.74, 6) is -4.68. The molecule has 2 rings (SSSR count). The minimum Gasteiger partial charge on any atom is -0.494 e. The number of ether oxygens (including phenoxy) is 4. The van der Waals surface area contributed by atoms with E-state index in [1.54, 1.807) is 43.3 Å². The normalized spacial score (nSPS) is 11.6. The van der Waals surface area contributed by atoms with Crippen molar-refractivity contribution in [2.24, 2.45) is 5.92 Å². The van der Waals surface area contributed by atoms with Crippen molar-refractivity contribution in [3.63, 3.8) is 0 Å². The zero-order valence-electron chi connectivity index (χ0n) is 30.3. The quantitative estimate of drug-likeness (QED) is 0.0364. The predicted molar refractivity (Wildman–Crippen MR) is 186 cm³/mol. The van der Waals surface area contributed by atoms with Gasteiger partial charge in [0, 0.05) is 20.3 Å². The van der Waals surface area contributed by atoms with Crippen LogP contribution in [0.2, 0.25) is 0 Å². The summed E-state index contributed by atoms with van der Waals surface area (Å²) in [5, 5.41) is 0. The van der Waals surface area contributed by atoms with Gasteiger partial charge in [-0.05, 0) is 67.1 Å². The Morgan fingerprint density at radius 3 is 1.50 bits per heavy atom. The number of unbranched alkanes of at least 4 members (excludes halogenated alkanes) is 9. The van der Waals surface area contributed by atoms with Gasteiger partial charge < -0.3 is 18.9 Å². The summed E-state index contributed by atoms with van der Waals surface area (Å²) >= 11 is 0. The molecule has 0 aliphatic rings. The molecule has 0 aliphatic heterocycles. The van der Waals surface area contributed by atoms with Gasteiger partial charge in [0.1, 0.15) is 5.75 Å². The molecule has 1 atom stereocenters. The molecule has 0 aliphatic carbocycles. The lowest BCUT2D eigenvalue weighted by Gasteiger charge is -2.28. The molecule has 0 fully saturated rings. The molecule has 11 nitrogen and oxygen atoms in total. The van der Waals surface area contributed by atoms with Gasteiger partial charge in [0.15, 0.2) is 0 Å². The number of carbonyl (C=O) groups is 5. The van der Waals surface area contributed by atoms with Crippen LogP contribution in [0.1, 0.15) is 138 Å². The van der Waals surface area contributed by atoms with Gasteiger partial charge in [-0.2, -0.15) is 0 Å². The molecule has 0 spiro atoms. The molecule has 0 radical (unpaired) electrons. The van der Waals surface area contributed by atoms with Crippen molar-refractivity contribution in [3.05, 3.63) is 65.2 Å². The van der Waals surface area contributed by atoms with E-state index >= 15 is 0 Å². The number of hydrogen-bond acceptors (Lipinski definition) is 11. The van der Waals surface area contributed by atoms with Crippen molar-refractivity contribution in [3.8, 4) is 5.75 Å². The Morgan fingerprint density at radius 1 is 0.620 bits per heavy atom. The first-order valence-corrected chi connectivity index (χ1v) is 17.8. The Balaban J connectivity index is 1.50. The van der Waals surface area contributed by atoms with E-state index in [-0.39, 0.29) is 18.6 Å². The number of benzene rings is 2. The monoisotopic (exact) mass is 698 g/mol. The van der Waals surface area contributed by atoms with Gasteiger partial charge in [0.05, 0.1) is 24.3 Å². The van der Waals surface area contributed by atoms with Crippen molar-refractivity contribution >= 4 is 29.8 Å². The molecule has 276 valence electrons. The summed E-state index contributed by atoms with van der Waals surface area (Å²) in [5.41, 5.74) is 1.69. The maximum atomic E-state index is 12.5. The third-order valence-electron chi connectivity index (χ3n) is 8.19. The van der Waals surface area contributed by atoms with Crippen molar-refractivity contribution in [1.82, 2.24) is 0 Å². The molecule has 0 saturated carbocycles. The van der Waals surface area contributed by atoms with E-state index in [1.165, 1.54) is 0 Å². The molecule has 1 unspecified atom stereocenters. The Kier molecular flexibility index (Phi) is 19.3. The summed E-state index contributed by atoms with van der Waals surface area (Å²) in [6.07, 6.45) is 12.2. The zero-order chi connectivity index (χ0) is 36.8. The predicted octanol–water partition coefficient (Wildman–Crippen LogP) is 8.26. The van der Waals surface area contributed by atoms with Crippen molar-refractivity contribution in [2.45, 2.75) is 124 Å². The van der Waals surface area contributed by atoms with Gasteiger partial charge >= 0.3 is 35.6 Å². The molecule has 0 N–H and O–H groups in total. The summed E-state index contributed by atoms with van der Waals surface area (Å²) in [6, 6.07) is 13.6. The van der Waals surface area contributed by atoms with Crippen LogP contribution in [0.3, 0.4) is 0 Å². The van der Waals surface area contributed by atoms with Crippen LogP contribution in [0.5, 0.6) is 5.75 Å². The molecule has 0 bridgehead atoms. The van der Waals surface area contributed by atoms with Crippen LogP contribution in [0.15, 0.2) is 48.5 Å². The van der Waals surface area contributed by atoms with Crippen LogP contribution in [0, 0.1) is 5.92 Å². The fourth-order valence-electron chi connectivity index (χ4n) is 5.12. The highest BCUT2D eigenvalue weighted by molar-refractivity contribution is 5.92. The van der Waals surface area contributed by atoms with E-state index in [1.807, 2.05) is 12.1 Å². The molecule has 0 heterocycles. The highest BCUT2D eigenvalue weighted by Gasteiger charge is 2.46. The lowest BCUT2D eigenvalue weighted by Crippen LogP contribution is -2.47. The third kappa shape index (κ3) is 15.9. The van der Waals surface area contributed by atoms with Gasteiger partial charge in [-0.1, -0.05) is 90.7 Å². The molecule has 0 saturated heterocycles. The fourth-order valence-corrected chi connectivity index (χ4v) is 5.12. The first-order chi connectivity index (χ1) is 24.0. The molecule has 2 aromatic rings. The number of hydrogen-bond donors (Lipinski definition) is 0. The van der Waals surface area contributed by atoms with Gasteiger partial charge in [-0.25, -0.2) is 24.2 Å². The Morgan fingerprint density at radius 2 is 1.06 bits per heavy atom.